The predicted molar refractivity (Wildman–Crippen MR) is 116 cm³/mol. The molecule has 3 aromatic rings. The second kappa shape index (κ2) is 10.2. The first-order valence-electron chi connectivity index (χ1n) is 9.15. The molecule has 3 aromatic carbocycles. The Morgan fingerprint density at radius 1 is 1.00 bits per heavy atom. The second-order valence-corrected chi connectivity index (χ2v) is 7.52. The fourth-order valence-electron chi connectivity index (χ4n) is 3.05. The van der Waals surface area contributed by atoms with E-state index < -0.39 is 6.09 Å². The van der Waals surface area contributed by atoms with E-state index in [1.54, 1.807) is 6.92 Å². The predicted octanol–water partition coefficient (Wildman–Crippen LogP) is 6.47. The first-order chi connectivity index (χ1) is 13.7. The Morgan fingerprint density at radius 3 is 2.14 bits per heavy atom. The van der Waals surface area contributed by atoms with Crippen LogP contribution in [0.1, 0.15) is 29.5 Å². The fraction of sp³-hybridized carbons (Fsp3) is 0.174. The van der Waals surface area contributed by atoms with Crippen molar-refractivity contribution >= 4 is 29.6 Å². The van der Waals surface area contributed by atoms with E-state index in [9.17, 15) is 4.79 Å². The Labute approximate surface area is 175 Å². The number of hydrogen-bond donors (Lipinski definition) is 1. The van der Waals surface area contributed by atoms with Crippen LogP contribution in [0.25, 0.3) is 0 Å². The molecule has 3 rings (SSSR count). The zero-order valence-electron chi connectivity index (χ0n) is 15.6. The summed E-state index contributed by atoms with van der Waals surface area (Å²) in [5.74, 6) is 0.245. The molecule has 0 aliphatic heterocycles. The summed E-state index contributed by atoms with van der Waals surface area (Å²) in [6, 6.07) is 26.9. The van der Waals surface area contributed by atoms with Gasteiger partial charge in [0, 0.05) is 10.8 Å². The highest BCUT2D eigenvalue weighted by Crippen LogP contribution is 2.32. The van der Waals surface area contributed by atoms with E-state index >= 15 is 0 Å². The minimum atomic E-state index is -0.471. The Morgan fingerprint density at radius 2 is 1.61 bits per heavy atom. The smallest absolute Gasteiger partial charge is 0.417 e. The van der Waals surface area contributed by atoms with Crippen LogP contribution in [0.3, 0.4) is 0 Å². The number of hydrogen-bond acceptors (Lipinski definition) is 3. The third-order valence-corrected chi connectivity index (χ3v) is 5.63. The van der Waals surface area contributed by atoms with Crippen LogP contribution in [-0.2, 0) is 11.2 Å². The standard InChI is InChI=1S/C23H22ClNO2S/c1-2-27-23(26)25-28-22-14-13-17(16-21(22)24)15-20(18-9-5-3-6-10-18)19-11-7-4-8-12-19/h3-14,16,20H,2,15H2,1H3,(H,25,26). The molecule has 1 amide bonds. The monoisotopic (exact) mass is 411 g/mol. The van der Waals surface area contributed by atoms with Crippen LogP contribution in [-0.4, -0.2) is 12.7 Å². The largest absolute Gasteiger partial charge is 0.449 e. The van der Waals surface area contributed by atoms with E-state index in [4.69, 9.17) is 16.3 Å². The molecule has 5 heteroatoms. The molecule has 0 spiro atoms. The number of carbonyl (C=O) groups excluding carboxylic acids is 1. The van der Waals surface area contributed by atoms with Gasteiger partial charge in [-0.05, 0) is 54.1 Å². The molecule has 0 unspecified atom stereocenters. The molecule has 28 heavy (non-hydrogen) atoms. The first kappa shape index (κ1) is 20.3. The van der Waals surface area contributed by atoms with Crippen molar-refractivity contribution in [2.75, 3.05) is 6.61 Å². The Kier molecular flexibility index (Phi) is 7.40. The lowest BCUT2D eigenvalue weighted by Gasteiger charge is -2.19. The molecule has 0 aliphatic carbocycles. The SMILES string of the molecule is CCOC(=O)NSc1ccc(CC(c2ccccc2)c2ccccc2)cc1Cl. The second-order valence-electron chi connectivity index (χ2n) is 6.27. The lowest BCUT2D eigenvalue weighted by molar-refractivity contribution is 0.159. The molecule has 0 atom stereocenters. The summed E-state index contributed by atoms with van der Waals surface area (Å²) in [7, 11) is 0. The Hall–Kier alpha value is -2.43. The van der Waals surface area contributed by atoms with Gasteiger partial charge in [-0.1, -0.05) is 78.3 Å². The van der Waals surface area contributed by atoms with Crippen LogP contribution < -0.4 is 4.72 Å². The van der Waals surface area contributed by atoms with E-state index in [1.807, 2.05) is 24.3 Å². The summed E-state index contributed by atoms with van der Waals surface area (Å²) in [4.78, 5) is 12.2. The normalized spacial score (nSPS) is 10.7. The maximum Gasteiger partial charge on any atom is 0.417 e. The van der Waals surface area contributed by atoms with Gasteiger partial charge in [-0.25, -0.2) is 4.79 Å². The molecular formula is C23H22ClNO2S. The van der Waals surface area contributed by atoms with Crippen LogP contribution in [0, 0.1) is 0 Å². The molecule has 144 valence electrons. The number of carbonyl (C=O) groups is 1. The van der Waals surface area contributed by atoms with Crippen LogP contribution in [0.15, 0.2) is 83.8 Å². The fourth-order valence-corrected chi connectivity index (χ4v) is 3.91. The highest BCUT2D eigenvalue weighted by molar-refractivity contribution is 7.98. The number of ether oxygens (including phenoxy) is 1. The zero-order valence-corrected chi connectivity index (χ0v) is 17.2. The van der Waals surface area contributed by atoms with Crippen LogP contribution in [0.2, 0.25) is 5.02 Å². The highest BCUT2D eigenvalue weighted by atomic mass is 35.5. The van der Waals surface area contributed by atoms with Crippen molar-refractivity contribution in [3.63, 3.8) is 0 Å². The maximum absolute atomic E-state index is 11.5. The Balaban J connectivity index is 1.78. The van der Waals surface area contributed by atoms with Crippen molar-refractivity contribution in [1.82, 2.24) is 4.72 Å². The van der Waals surface area contributed by atoms with Crippen molar-refractivity contribution < 1.29 is 9.53 Å². The highest BCUT2D eigenvalue weighted by Gasteiger charge is 2.15. The summed E-state index contributed by atoms with van der Waals surface area (Å²) in [6.07, 6.45) is 0.366. The molecule has 0 radical (unpaired) electrons. The molecule has 0 bridgehead atoms. The number of rotatable bonds is 7. The van der Waals surface area contributed by atoms with Gasteiger partial charge < -0.3 is 4.74 Å². The van der Waals surface area contributed by atoms with Gasteiger partial charge in [0.2, 0.25) is 0 Å². The third kappa shape index (κ3) is 5.54. The molecular weight excluding hydrogens is 390 g/mol. The van der Waals surface area contributed by atoms with E-state index in [1.165, 1.54) is 11.1 Å². The van der Waals surface area contributed by atoms with E-state index in [2.05, 4.69) is 59.3 Å². The summed E-state index contributed by atoms with van der Waals surface area (Å²) in [6.45, 7) is 2.10. The van der Waals surface area contributed by atoms with E-state index in [0.717, 1.165) is 28.8 Å². The Bertz CT molecular complexity index is 863. The van der Waals surface area contributed by atoms with Gasteiger partial charge in [-0.2, -0.15) is 0 Å². The van der Waals surface area contributed by atoms with Gasteiger partial charge in [-0.15, -0.1) is 0 Å². The van der Waals surface area contributed by atoms with Gasteiger partial charge in [0.25, 0.3) is 0 Å². The van der Waals surface area contributed by atoms with Crippen LogP contribution >= 0.6 is 23.5 Å². The molecule has 0 aromatic heterocycles. The molecule has 0 saturated heterocycles. The van der Waals surface area contributed by atoms with Crippen molar-refractivity contribution in [2.24, 2.45) is 0 Å². The summed E-state index contributed by atoms with van der Waals surface area (Å²) < 4.78 is 7.49. The van der Waals surface area contributed by atoms with Crippen LogP contribution in [0.4, 0.5) is 4.79 Å². The lowest BCUT2D eigenvalue weighted by atomic mass is 9.86. The van der Waals surface area contributed by atoms with E-state index in [0.29, 0.717) is 11.6 Å². The van der Waals surface area contributed by atoms with Gasteiger partial charge in [-0.3, -0.25) is 4.72 Å². The number of nitrogens with one attached hydrogen (secondary N) is 1. The average molecular weight is 412 g/mol. The lowest BCUT2D eigenvalue weighted by Crippen LogP contribution is -2.16. The number of halogens is 1. The molecule has 0 fully saturated rings. The summed E-state index contributed by atoms with van der Waals surface area (Å²) in [5, 5.41) is 0.610. The quantitative estimate of drug-likeness (QED) is 0.453. The number of amides is 1. The van der Waals surface area contributed by atoms with Crippen LogP contribution in [0.5, 0.6) is 0 Å². The third-order valence-electron chi connectivity index (χ3n) is 4.36. The number of benzene rings is 3. The van der Waals surface area contributed by atoms with Gasteiger partial charge in [0.05, 0.1) is 11.6 Å². The summed E-state index contributed by atoms with van der Waals surface area (Å²) in [5.41, 5.74) is 3.68. The van der Waals surface area contributed by atoms with Crippen molar-refractivity contribution in [1.29, 1.82) is 0 Å². The van der Waals surface area contributed by atoms with Crippen molar-refractivity contribution in [2.45, 2.75) is 24.2 Å². The van der Waals surface area contributed by atoms with Gasteiger partial charge in [0.15, 0.2) is 0 Å². The molecule has 1 N–H and O–H groups in total. The maximum atomic E-state index is 11.5. The van der Waals surface area contributed by atoms with Crippen molar-refractivity contribution in [3.05, 3.63) is 101 Å². The molecule has 3 nitrogen and oxygen atoms in total. The topological polar surface area (TPSA) is 38.3 Å². The minimum absolute atomic E-state index is 0.245. The molecule has 0 aliphatic rings. The molecule has 0 saturated carbocycles. The average Bonchev–Trinajstić information content (AvgIpc) is 2.73. The molecule has 0 heterocycles. The van der Waals surface area contributed by atoms with Gasteiger partial charge in [0.1, 0.15) is 0 Å². The van der Waals surface area contributed by atoms with E-state index in [-0.39, 0.29) is 5.92 Å². The first-order valence-corrected chi connectivity index (χ1v) is 10.3. The summed E-state index contributed by atoms with van der Waals surface area (Å²) >= 11 is 7.61. The minimum Gasteiger partial charge on any atom is -0.449 e. The van der Waals surface area contributed by atoms with Crippen molar-refractivity contribution in [3.8, 4) is 0 Å². The zero-order chi connectivity index (χ0) is 19.8. The van der Waals surface area contributed by atoms with Gasteiger partial charge >= 0.3 is 6.09 Å².